The Hall–Kier alpha value is -1.94. The lowest BCUT2D eigenvalue weighted by Gasteiger charge is -2.19. The van der Waals surface area contributed by atoms with E-state index in [-0.39, 0.29) is 0 Å². The van der Waals surface area contributed by atoms with Gasteiger partial charge in [0.2, 0.25) is 0 Å². The first-order valence-corrected chi connectivity index (χ1v) is 8.38. The minimum Gasteiger partial charge on any atom is -0.356 e. The van der Waals surface area contributed by atoms with Crippen molar-refractivity contribution in [3.63, 3.8) is 0 Å². The Balaban J connectivity index is 1.93. The number of halogens is 1. The number of para-hydroxylation sites is 1. The van der Waals surface area contributed by atoms with Gasteiger partial charge in [0.1, 0.15) is 5.82 Å². The van der Waals surface area contributed by atoms with Crippen molar-refractivity contribution in [1.82, 2.24) is 9.97 Å². The van der Waals surface area contributed by atoms with E-state index in [2.05, 4.69) is 51.2 Å². The van der Waals surface area contributed by atoms with Crippen LogP contribution in [0.5, 0.6) is 0 Å². The van der Waals surface area contributed by atoms with E-state index in [0.717, 1.165) is 45.7 Å². The minimum absolute atomic E-state index is 0.793. The second-order valence-corrected chi connectivity index (χ2v) is 6.51. The molecule has 1 aromatic heterocycles. The van der Waals surface area contributed by atoms with Gasteiger partial charge < -0.3 is 4.90 Å². The van der Waals surface area contributed by atoms with Gasteiger partial charge in [-0.15, -0.1) is 0 Å². The molecule has 22 heavy (non-hydrogen) atoms. The van der Waals surface area contributed by atoms with Gasteiger partial charge in [0, 0.05) is 28.5 Å². The molecule has 4 heteroatoms. The number of aromatic nitrogens is 2. The van der Waals surface area contributed by atoms with Crippen LogP contribution in [0.25, 0.3) is 22.3 Å². The van der Waals surface area contributed by atoms with Crippen LogP contribution < -0.4 is 4.90 Å². The summed E-state index contributed by atoms with van der Waals surface area (Å²) < 4.78 is 1.05. The van der Waals surface area contributed by atoms with Crippen molar-refractivity contribution in [2.45, 2.75) is 12.8 Å². The van der Waals surface area contributed by atoms with Crippen LogP contribution in [0.3, 0.4) is 0 Å². The van der Waals surface area contributed by atoms with Crippen molar-refractivity contribution in [2.75, 3.05) is 18.0 Å². The maximum Gasteiger partial charge on any atom is 0.162 e. The Bertz CT molecular complexity index is 825. The fourth-order valence-corrected chi connectivity index (χ4v) is 3.39. The van der Waals surface area contributed by atoms with E-state index in [0.29, 0.717) is 0 Å². The summed E-state index contributed by atoms with van der Waals surface area (Å²) in [7, 11) is 0. The second kappa shape index (κ2) is 5.69. The number of anilines is 1. The fourth-order valence-electron chi connectivity index (χ4n) is 2.99. The molecule has 2 heterocycles. The average Bonchev–Trinajstić information content (AvgIpc) is 3.08. The molecule has 0 saturated carbocycles. The molecule has 1 fully saturated rings. The number of hydrogen-bond donors (Lipinski definition) is 0. The Labute approximate surface area is 138 Å². The van der Waals surface area contributed by atoms with E-state index in [1.54, 1.807) is 0 Å². The smallest absolute Gasteiger partial charge is 0.162 e. The van der Waals surface area contributed by atoms with Gasteiger partial charge in [0.05, 0.1) is 5.52 Å². The Morgan fingerprint density at radius 1 is 0.909 bits per heavy atom. The summed E-state index contributed by atoms with van der Waals surface area (Å²) in [5, 5.41) is 1.14. The third-order valence-electron chi connectivity index (χ3n) is 4.07. The van der Waals surface area contributed by atoms with Crippen LogP contribution in [0.1, 0.15) is 12.8 Å². The van der Waals surface area contributed by atoms with Crippen LogP contribution in [0.15, 0.2) is 53.0 Å². The van der Waals surface area contributed by atoms with E-state index < -0.39 is 0 Å². The van der Waals surface area contributed by atoms with Crippen molar-refractivity contribution < 1.29 is 0 Å². The fraction of sp³-hybridized carbons (Fsp3) is 0.222. The predicted molar refractivity (Wildman–Crippen MR) is 94.1 cm³/mol. The van der Waals surface area contributed by atoms with Gasteiger partial charge in [-0.3, -0.25) is 0 Å². The van der Waals surface area contributed by atoms with E-state index in [4.69, 9.17) is 9.97 Å². The van der Waals surface area contributed by atoms with Gasteiger partial charge in [-0.25, -0.2) is 9.97 Å². The highest BCUT2D eigenvalue weighted by atomic mass is 79.9. The lowest BCUT2D eigenvalue weighted by molar-refractivity contribution is 0.941. The molecule has 4 rings (SSSR count). The Morgan fingerprint density at radius 2 is 1.73 bits per heavy atom. The molecule has 0 aliphatic carbocycles. The highest BCUT2D eigenvalue weighted by molar-refractivity contribution is 9.10. The molecule has 3 nitrogen and oxygen atoms in total. The number of benzene rings is 2. The maximum absolute atomic E-state index is 4.89. The zero-order valence-corrected chi connectivity index (χ0v) is 13.8. The van der Waals surface area contributed by atoms with Gasteiger partial charge in [0.15, 0.2) is 5.82 Å². The van der Waals surface area contributed by atoms with E-state index in [1.165, 1.54) is 12.8 Å². The first-order chi connectivity index (χ1) is 10.8. The summed E-state index contributed by atoms with van der Waals surface area (Å²) in [6.45, 7) is 2.16. The van der Waals surface area contributed by atoms with Crippen LogP contribution in [0.2, 0.25) is 0 Å². The standard InChI is InChI=1S/C18H16BrN3/c19-14-7-5-6-13(12-14)17-20-16-9-2-1-8-15(16)18(21-17)22-10-3-4-11-22/h1-2,5-9,12H,3-4,10-11H2. The summed E-state index contributed by atoms with van der Waals surface area (Å²) >= 11 is 3.53. The molecule has 0 unspecified atom stereocenters. The topological polar surface area (TPSA) is 29.0 Å². The highest BCUT2D eigenvalue weighted by Crippen LogP contribution is 2.30. The molecule has 110 valence electrons. The zero-order valence-electron chi connectivity index (χ0n) is 12.2. The first-order valence-electron chi connectivity index (χ1n) is 7.59. The van der Waals surface area contributed by atoms with Gasteiger partial charge in [-0.2, -0.15) is 0 Å². The normalized spacial score (nSPS) is 14.7. The van der Waals surface area contributed by atoms with Crippen molar-refractivity contribution in [3.8, 4) is 11.4 Å². The van der Waals surface area contributed by atoms with Crippen LogP contribution in [-0.4, -0.2) is 23.1 Å². The van der Waals surface area contributed by atoms with Gasteiger partial charge in [-0.05, 0) is 37.1 Å². The molecule has 0 N–H and O–H groups in total. The molecule has 1 aliphatic heterocycles. The third-order valence-corrected chi connectivity index (χ3v) is 4.56. The molecule has 0 radical (unpaired) electrons. The van der Waals surface area contributed by atoms with Crippen LogP contribution >= 0.6 is 15.9 Å². The monoisotopic (exact) mass is 353 g/mol. The molecule has 0 bridgehead atoms. The number of hydrogen-bond acceptors (Lipinski definition) is 3. The highest BCUT2D eigenvalue weighted by Gasteiger charge is 2.18. The van der Waals surface area contributed by atoms with E-state index >= 15 is 0 Å². The zero-order chi connectivity index (χ0) is 14.9. The SMILES string of the molecule is Brc1cccc(-c2nc(N3CCCC3)c3ccccc3n2)c1. The third kappa shape index (κ3) is 2.48. The van der Waals surface area contributed by atoms with Gasteiger partial charge in [0.25, 0.3) is 0 Å². The number of nitrogens with zero attached hydrogens (tertiary/aromatic N) is 3. The van der Waals surface area contributed by atoms with Crippen molar-refractivity contribution >= 4 is 32.7 Å². The van der Waals surface area contributed by atoms with Crippen LogP contribution in [0, 0.1) is 0 Å². The first kappa shape index (κ1) is 13.7. The molecular formula is C18H16BrN3. The molecular weight excluding hydrogens is 338 g/mol. The lowest BCUT2D eigenvalue weighted by atomic mass is 10.2. The van der Waals surface area contributed by atoms with Gasteiger partial charge in [-0.1, -0.05) is 40.2 Å². The summed E-state index contributed by atoms with van der Waals surface area (Å²) in [6.07, 6.45) is 2.48. The maximum atomic E-state index is 4.89. The van der Waals surface area contributed by atoms with Crippen molar-refractivity contribution in [3.05, 3.63) is 53.0 Å². The second-order valence-electron chi connectivity index (χ2n) is 5.59. The molecule has 0 amide bonds. The van der Waals surface area contributed by atoms with E-state index in [1.807, 2.05) is 18.2 Å². The minimum atomic E-state index is 0.793. The van der Waals surface area contributed by atoms with Crippen LogP contribution in [-0.2, 0) is 0 Å². The van der Waals surface area contributed by atoms with E-state index in [9.17, 15) is 0 Å². The van der Waals surface area contributed by atoms with Crippen molar-refractivity contribution in [1.29, 1.82) is 0 Å². The summed E-state index contributed by atoms with van der Waals surface area (Å²) in [6, 6.07) is 16.4. The summed E-state index contributed by atoms with van der Waals surface area (Å²) in [4.78, 5) is 12.0. The lowest BCUT2D eigenvalue weighted by Crippen LogP contribution is -2.19. The Kier molecular flexibility index (Phi) is 3.54. The quantitative estimate of drug-likeness (QED) is 0.670. The van der Waals surface area contributed by atoms with Crippen LogP contribution in [0.4, 0.5) is 5.82 Å². The number of rotatable bonds is 2. The van der Waals surface area contributed by atoms with Gasteiger partial charge >= 0.3 is 0 Å². The predicted octanol–water partition coefficient (Wildman–Crippen LogP) is 4.66. The Morgan fingerprint density at radius 3 is 2.55 bits per heavy atom. The molecule has 0 atom stereocenters. The largest absolute Gasteiger partial charge is 0.356 e. The molecule has 3 aromatic rings. The average molecular weight is 354 g/mol. The molecule has 1 aliphatic rings. The molecule has 0 spiro atoms. The summed E-state index contributed by atoms with van der Waals surface area (Å²) in [5.41, 5.74) is 2.05. The molecule has 1 saturated heterocycles. The molecule has 2 aromatic carbocycles. The van der Waals surface area contributed by atoms with Crippen molar-refractivity contribution in [2.24, 2.45) is 0 Å². The summed E-state index contributed by atoms with van der Waals surface area (Å²) in [5.74, 6) is 1.86. The number of fused-ring (bicyclic) bond motifs is 1.